The van der Waals surface area contributed by atoms with Gasteiger partial charge in [0.15, 0.2) is 0 Å². The van der Waals surface area contributed by atoms with Gasteiger partial charge in [-0.2, -0.15) is 0 Å². The second-order valence-corrected chi connectivity index (χ2v) is 6.21. The molecule has 0 N–H and O–H groups in total. The van der Waals surface area contributed by atoms with E-state index in [1.807, 2.05) is 44.2 Å². The number of aromatic nitrogens is 4. The van der Waals surface area contributed by atoms with Crippen molar-refractivity contribution >= 4 is 17.7 Å². The van der Waals surface area contributed by atoms with Crippen LogP contribution in [0.2, 0.25) is 0 Å². The molecule has 1 heterocycles. The van der Waals surface area contributed by atoms with Gasteiger partial charge in [-0.1, -0.05) is 42.1 Å². The van der Waals surface area contributed by atoms with Gasteiger partial charge in [0.25, 0.3) is 0 Å². The van der Waals surface area contributed by atoms with E-state index in [9.17, 15) is 4.79 Å². The van der Waals surface area contributed by atoms with Crippen LogP contribution in [0.25, 0.3) is 0 Å². The topological polar surface area (TPSA) is 63.9 Å². The molecule has 6 nitrogen and oxygen atoms in total. The maximum absolute atomic E-state index is 12.5. The summed E-state index contributed by atoms with van der Waals surface area (Å²) in [5.41, 5.74) is 0.944. The summed E-state index contributed by atoms with van der Waals surface area (Å²) < 4.78 is 1.73. The van der Waals surface area contributed by atoms with Gasteiger partial charge in [0, 0.05) is 14.1 Å². The van der Waals surface area contributed by atoms with Gasteiger partial charge in [-0.25, -0.2) is 4.68 Å². The van der Waals surface area contributed by atoms with E-state index >= 15 is 0 Å². The van der Waals surface area contributed by atoms with Gasteiger partial charge in [0.05, 0.1) is 6.04 Å². The summed E-state index contributed by atoms with van der Waals surface area (Å²) in [5.74, 6) is 0.0181. The molecule has 112 valence electrons. The molecule has 0 saturated heterocycles. The molecule has 0 fully saturated rings. The molecule has 1 aromatic heterocycles. The average Bonchev–Trinajstić information content (AvgIpc) is 2.93. The van der Waals surface area contributed by atoms with Crippen molar-refractivity contribution in [3.05, 3.63) is 35.9 Å². The molecular weight excluding hydrogens is 286 g/mol. The summed E-state index contributed by atoms with van der Waals surface area (Å²) in [6.45, 7) is 4.01. The standard InChI is InChI=1S/C14H19N5OS/c1-10(2)19-14(15-16-17-19)21-12(13(20)18(3)4)11-8-6-5-7-9-11/h5-10,12H,1-4H3/t12-/m1/s1. The summed E-state index contributed by atoms with van der Waals surface area (Å²) in [6, 6.07) is 9.83. The third-order valence-corrected chi connectivity index (χ3v) is 4.13. The number of nitrogens with zero attached hydrogens (tertiary/aromatic N) is 5. The second kappa shape index (κ2) is 6.71. The van der Waals surface area contributed by atoms with E-state index in [-0.39, 0.29) is 17.2 Å². The number of hydrogen-bond donors (Lipinski definition) is 0. The number of tetrazole rings is 1. The quantitative estimate of drug-likeness (QED) is 0.792. The molecular formula is C14H19N5OS. The molecule has 1 aromatic carbocycles. The predicted molar refractivity (Wildman–Crippen MR) is 81.9 cm³/mol. The van der Waals surface area contributed by atoms with Crippen molar-refractivity contribution in [1.29, 1.82) is 0 Å². The van der Waals surface area contributed by atoms with Crippen molar-refractivity contribution in [1.82, 2.24) is 25.1 Å². The smallest absolute Gasteiger partial charge is 0.240 e. The fourth-order valence-electron chi connectivity index (χ4n) is 1.82. The zero-order valence-electron chi connectivity index (χ0n) is 12.6. The maximum atomic E-state index is 12.5. The Hall–Kier alpha value is -1.89. The number of likely N-dealkylation sites (N-methyl/N-ethyl adjacent to an activating group) is 1. The highest BCUT2D eigenvalue weighted by Gasteiger charge is 2.26. The molecule has 2 aromatic rings. The Bertz CT molecular complexity index is 596. The summed E-state index contributed by atoms with van der Waals surface area (Å²) in [7, 11) is 3.51. The average molecular weight is 305 g/mol. The molecule has 0 saturated carbocycles. The van der Waals surface area contributed by atoms with Crippen LogP contribution in [0.5, 0.6) is 0 Å². The maximum Gasteiger partial charge on any atom is 0.240 e. The number of carbonyl (C=O) groups is 1. The lowest BCUT2D eigenvalue weighted by Crippen LogP contribution is -2.27. The van der Waals surface area contributed by atoms with Crippen LogP contribution in [-0.4, -0.2) is 45.1 Å². The summed E-state index contributed by atoms with van der Waals surface area (Å²) >= 11 is 1.38. The second-order valence-electron chi connectivity index (χ2n) is 5.14. The van der Waals surface area contributed by atoms with Gasteiger partial charge >= 0.3 is 0 Å². The first-order valence-corrected chi connectivity index (χ1v) is 7.59. The third-order valence-electron chi connectivity index (χ3n) is 2.94. The molecule has 0 spiro atoms. The predicted octanol–water partition coefficient (Wildman–Crippen LogP) is 2.18. The number of amides is 1. The van der Waals surface area contributed by atoms with E-state index in [0.29, 0.717) is 5.16 Å². The first-order valence-electron chi connectivity index (χ1n) is 6.71. The summed E-state index contributed by atoms with van der Waals surface area (Å²) in [5, 5.41) is 12.0. The van der Waals surface area contributed by atoms with Crippen LogP contribution >= 0.6 is 11.8 Å². The Morgan fingerprint density at radius 3 is 2.48 bits per heavy atom. The minimum Gasteiger partial charge on any atom is -0.348 e. The third kappa shape index (κ3) is 3.60. The highest BCUT2D eigenvalue weighted by molar-refractivity contribution is 8.00. The molecule has 21 heavy (non-hydrogen) atoms. The molecule has 7 heteroatoms. The minimum absolute atomic E-state index is 0.0181. The lowest BCUT2D eigenvalue weighted by Gasteiger charge is -2.20. The molecule has 0 aliphatic carbocycles. The fraction of sp³-hybridized carbons (Fsp3) is 0.429. The van der Waals surface area contributed by atoms with Crippen LogP contribution in [0.1, 0.15) is 30.7 Å². The summed E-state index contributed by atoms with van der Waals surface area (Å²) in [4.78, 5) is 14.1. The van der Waals surface area contributed by atoms with Gasteiger partial charge in [0.1, 0.15) is 5.25 Å². The number of thioether (sulfide) groups is 1. The van der Waals surface area contributed by atoms with Crippen molar-refractivity contribution in [3.63, 3.8) is 0 Å². The number of hydrogen-bond acceptors (Lipinski definition) is 5. The molecule has 0 bridgehead atoms. The van der Waals surface area contributed by atoms with Gasteiger partial charge in [-0.3, -0.25) is 4.79 Å². The molecule has 1 atom stereocenters. The highest BCUT2D eigenvalue weighted by Crippen LogP contribution is 2.35. The Labute approximate surface area is 128 Å². The SMILES string of the molecule is CC(C)n1nnnc1S[C@@H](C(=O)N(C)C)c1ccccc1. The van der Waals surface area contributed by atoms with E-state index in [2.05, 4.69) is 15.5 Å². The molecule has 0 aliphatic heterocycles. The van der Waals surface area contributed by atoms with Crippen LogP contribution in [-0.2, 0) is 4.79 Å². The molecule has 0 aliphatic rings. The number of rotatable bonds is 5. The van der Waals surface area contributed by atoms with Crippen molar-refractivity contribution < 1.29 is 4.79 Å². The van der Waals surface area contributed by atoms with Gasteiger partial charge < -0.3 is 4.90 Å². The van der Waals surface area contributed by atoms with Crippen molar-refractivity contribution in [2.75, 3.05) is 14.1 Å². The molecule has 0 unspecified atom stereocenters. The van der Waals surface area contributed by atoms with Crippen molar-refractivity contribution in [2.24, 2.45) is 0 Å². The Kier molecular flexibility index (Phi) is 4.95. The monoisotopic (exact) mass is 305 g/mol. The van der Waals surface area contributed by atoms with Gasteiger partial charge in [-0.05, 0) is 29.8 Å². The number of carbonyl (C=O) groups excluding carboxylic acids is 1. The molecule has 2 rings (SSSR count). The van der Waals surface area contributed by atoms with Crippen molar-refractivity contribution in [2.45, 2.75) is 30.3 Å². The minimum atomic E-state index is -0.357. The van der Waals surface area contributed by atoms with Crippen LogP contribution in [0, 0.1) is 0 Å². The first-order chi connectivity index (χ1) is 10.0. The lowest BCUT2D eigenvalue weighted by atomic mass is 10.1. The highest BCUT2D eigenvalue weighted by atomic mass is 32.2. The van der Waals surface area contributed by atoms with E-state index in [1.54, 1.807) is 23.7 Å². The lowest BCUT2D eigenvalue weighted by molar-refractivity contribution is -0.128. The van der Waals surface area contributed by atoms with E-state index < -0.39 is 0 Å². The summed E-state index contributed by atoms with van der Waals surface area (Å²) in [6.07, 6.45) is 0. The Morgan fingerprint density at radius 1 is 1.24 bits per heavy atom. The van der Waals surface area contributed by atoms with Gasteiger partial charge in [-0.15, -0.1) is 5.10 Å². The van der Waals surface area contributed by atoms with E-state index in [0.717, 1.165) is 5.56 Å². The first kappa shape index (κ1) is 15.5. The zero-order chi connectivity index (χ0) is 15.4. The fourth-order valence-corrected chi connectivity index (χ4v) is 3.07. The van der Waals surface area contributed by atoms with Gasteiger partial charge in [0.2, 0.25) is 11.1 Å². The van der Waals surface area contributed by atoms with Crippen molar-refractivity contribution in [3.8, 4) is 0 Å². The largest absolute Gasteiger partial charge is 0.348 e. The van der Waals surface area contributed by atoms with Crippen LogP contribution in [0.4, 0.5) is 0 Å². The zero-order valence-corrected chi connectivity index (χ0v) is 13.4. The van der Waals surface area contributed by atoms with Crippen LogP contribution in [0.3, 0.4) is 0 Å². The molecule has 0 radical (unpaired) electrons. The number of benzene rings is 1. The Morgan fingerprint density at radius 2 is 1.90 bits per heavy atom. The molecule has 1 amide bonds. The Balaban J connectivity index is 2.33. The van der Waals surface area contributed by atoms with Crippen LogP contribution < -0.4 is 0 Å². The van der Waals surface area contributed by atoms with E-state index in [4.69, 9.17) is 0 Å². The normalized spacial score (nSPS) is 12.4. The van der Waals surface area contributed by atoms with Crippen LogP contribution in [0.15, 0.2) is 35.5 Å². The van der Waals surface area contributed by atoms with E-state index in [1.165, 1.54) is 11.8 Å².